The Bertz CT molecular complexity index is 1450. The second kappa shape index (κ2) is 10.7. The van der Waals surface area contributed by atoms with Gasteiger partial charge in [0.1, 0.15) is 0 Å². The van der Waals surface area contributed by atoms with Gasteiger partial charge in [-0.15, -0.1) is 11.8 Å². The van der Waals surface area contributed by atoms with Crippen molar-refractivity contribution in [1.82, 2.24) is 0 Å². The van der Waals surface area contributed by atoms with Crippen molar-refractivity contribution in [1.29, 1.82) is 0 Å². The third kappa shape index (κ3) is 5.27. The van der Waals surface area contributed by atoms with Crippen molar-refractivity contribution in [3.8, 4) is 0 Å². The van der Waals surface area contributed by atoms with E-state index in [1.165, 1.54) is 23.9 Å². The van der Waals surface area contributed by atoms with Gasteiger partial charge in [-0.3, -0.25) is 14.5 Å². The number of benzene rings is 4. The predicted molar refractivity (Wildman–Crippen MR) is 146 cm³/mol. The number of aryl methyl sites for hydroxylation is 2. The minimum atomic E-state index is -1.16. The number of nitrogens with one attached hydrogen (secondary N) is 1. The molecule has 1 aliphatic heterocycles. The topological polar surface area (TPSA) is 86.7 Å². The van der Waals surface area contributed by atoms with E-state index in [1.807, 2.05) is 47.4 Å². The number of amides is 2. The maximum atomic E-state index is 13.6. The summed E-state index contributed by atoms with van der Waals surface area (Å²) in [7, 11) is 0. The van der Waals surface area contributed by atoms with E-state index in [0.29, 0.717) is 5.69 Å². The summed E-state index contributed by atoms with van der Waals surface area (Å²) in [5, 5.41) is 12.1. The molecule has 6 nitrogen and oxygen atoms in total. The zero-order chi connectivity index (χ0) is 25.8. The van der Waals surface area contributed by atoms with Crippen LogP contribution < -0.4 is 10.2 Å². The van der Waals surface area contributed by atoms with Crippen LogP contribution in [0.2, 0.25) is 0 Å². The zero-order valence-corrected chi connectivity index (χ0v) is 20.7. The number of hydrogen-bond acceptors (Lipinski definition) is 4. The maximum Gasteiger partial charge on any atom is 0.336 e. The molecule has 0 unspecified atom stereocenters. The second-order valence-electron chi connectivity index (χ2n) is 8.61. The zero-order valence-electron chi connectivity index (χ0n) is 19.9. The molecule has 4 aromatic carbocycles. The van der Waals surface area contributed by atoms with E-state index in [1.54, 1.807) is 30.3 Å². The summed E-state index contributed by atoms with van der Waals surface area (Å²) in [6, 6.07) is 29.3. The van der Waals surface area contributed by atoms with Crippen molar-refractivity contribution in [2.24, 2.45) is 0 Å². The van der Waals surface area contributed by atoms with E-state index in [0.717, 1.165) is 40.2 Å². The molecule has 1 aliphatic rings. The highest BCUT2D eigenvalue weighted by Gasteiger charge is 2.25. The molecule has 5 rings (SSSR count). The molecule has 0 aliphatic carbocycles. The SMILES string of the molecule is O=C(O)c1ccccc1C(=O)Nc1cccc(SCC(=O)N2c3ccccc3CCc3ccccc32)c1. The van der Waals surface area contributed by atoms with Crippen LogP contribution >= 0.6 is 11.8 Å². The van der Waals surface area contributed by atoms with E-state index in [-0.39, 0.29) is 22.8 Å². The number of thioether (sulfide) groups is 1. The van der Waals surface area contributed by atoms with Crippen LogP contribution in [-0.4, -0.2) is 28.6 Å². The summed E-state index contributed by atoms with van der Waals surface area (Å²) in [5.74, 6) is -1.49. The third-order valence-corrected chi connectivity index (χ3v) is 7.21. The van der Waals surface area contributed by atoms with Gasteiger partial charge in [0.15, 0.2) is 0 Å². The summed E-state index contributed by atoms with van der Waals surface area (Å²) >= 11 is 1.39. The number of hydrogen-bond donors (Lipinski definition) is 2. The van der Waals surface area contributed by atoms with Gasteiger partial charge in [-0.1, -0.05) is 54.6 Å². The Labute approximate surface area is 218 Å². The summed E-state index contributed by atoms with van der Waals surface area (Å²) in [4.78, 5) is 40.4. The Morgan fingerprint density at radius 3 is 2.00 bits per heavy atom. The van der Waals surface area contributed by atoms with E-state index >= 15 is 0 Å². The second-order valence-corrected chi connectivity index (χ2v) is 9.66. The van der Waals surface area contributed by atoms with Gasteiger partial charge in [0, 0.05) is 10.6 Å². The van der Waals surface area contributed by atoms with Crippen LogP contribution in [0.5, 0.6) is 0 Å². The Morgan fingerprint density at radius 2 is 1.35 bits per heavy atom. The van der Waals surface area contributed by atoms with Crippen LogP contribution in [0.25, 0.3) is 0 Å². The van der Waals surface area contributed by atoms with Crippen LogP contribution in [-0.2, 0) is 17.6 Å². The number of carboxylic acid groups (broad SMARTS) is 1. The van der Waals surface area contributed by atoms with Crippen molar-refractivity contribution in [2.45, 2.75) is 17.7 Å². The number of carbonyl (C=O) groups is 3. The number of carboxylic acids is 1. The number of fused-ring (bicyclic) bond motifs is 2. The minimum absolute atomic E-state index is 0.0309. The lowest BCUT2D eigenvalue weighted by atomic mass is 10.0. The number of rotatable bonds is 6. The number of para-hydroxylation sites is 2. The van der Waals surface area contributed by atoms with Gasteiger partial charge in [-0.05, 0) is 66.4 Å². The third-order valence-electron chi connectivity index (χ3n) is 6.23. The average molecular weight is 509 g/mol. The Morgan fingerprint density at radius 1 is 0.757 bits per heavy atom. The van der Waals surface area contributed by atoms with Crippen molar-refractivity contribution in [2.75, 3.05) is 16.0 Å². The highest BCUT2D eigenvalue weighted by atomic mass is 32.2. The number of carbonyl (C=O) groups excluding carboxylic acids is 2. The summed E-state index contributed by atoms with van der Waals surface area (Å²) in [5.41, 5.74) is 4.66. The van der Waals surface area contributed by atoms with Gasteiger partial charge in [0.2, 0.25) is 5.91 Å². The highest BCUT2D eigenvalue weighted by molar-refractivity contribution is 8.00. The molecule has 2 amide bonds. The van der Waals surface area contributed by atoms with Crippen LogP contribution in [0.4, 0.5) is 17.1 Å². The molecule has 7 heteroatoms. The first-order valence-corrected chi connectivity index (χ1v) is 12.8. The molecule has 0 saturated heterocycles. The number of nitrogens with zero attached hydrogens (tertiary/aromatic N) is 1. The van der Waals surface area contributed by atoms with Gasteiger partial charge in [0.05, 0.1) is 28.3 Å². The number of aromatic carboxylic acids is 1. The molecule has 0 saturated carbocycles. The van der Waals surface area contributed by atoms with E-state index < -0.39 is 11.9 Å². The van der Waals surface area contributed by atoms with Crippen molar-refractivity contribution in [3.05, 3.63) is 119 Å². The first-order chi connectivity index (χ1) is 18.0. The Hall–Kier alpha value is -4.36. The van der Waals surface area contributed by atoms with Crippen molar-refractivity contribution < 1.29 is 19.5 Å². The molecule has 0 bridgehead atoms. The standard InChI is InChI=1S/C30H24N2O4S/c33-28(32-26-14-5-1-8-20(26)16-17-21-9-2-6-15-27(21)32)19-37-23-11-7-10-22(18-23)31-29(34)24-12-3-4-13-25(24)30(35)36/h1-15,18H,16-17,19H2,(H,31,34)(H,35,36). The lowest BCUT2D eigenvalue weighted by Crippen LogP contribution is -2.28. The van der Waals surface area contributed by atoms with Gasteiger partial charge < -0.3 is 10.4 Å². The molecule has 0 atom stereocenters. The van der Waals surface area contributed by atoms with Crippen LogP contribution in [0.3, 0.4) is 0 Å². The van der Waals surface area contributed by atoms with Crippen molar-refractivity contribution in [3.63, 3.8) is 0 Å². The summed E-state index contributed by atoms with van der Waals surface area (Å²) in [6.07, 6.45) is 1.74. The smallest absolute Gasteiger partial charge is 0.336 e. The van der Waals surface area contributed by atoms with Crippen LogP contribution in [0.1, 0.15) is 31.8 Å². The fourth-order valence-electron chi connectivity index (χ4n) is 4.49. The average Bonchev–Trinajstić information content (AvgIpc) is 3.09. The molecule has 0 fully saturated rings. The molecule has 4 aromatic rings. The normalized spacial score (nSPS) is 12.2. The highest BCUT2D eigenvalue weighted by Crippen LogP contribution is 2.37. The molecule has 0 spiro atoms. The molecule has 0 aromatic heterocycles. The molecular weight excluding hydrogens is 484 g/mol. The van der Waals surface area contributed by atoms with Gasteiger partial charge >= 0.3 is 5.97 Å². The maximum absolute atomic E-state index is 13.6. The lowest BCUT2D eigenvalue weighted by molar-refractivity contribution is -0.115. The fraction of sp³-hybridized carbons (Fsp3) is 0.100. The molecule has 1 heterocycles. The molecular formula is C30H24N2O4S. The van der Waals surface area contributed by atoms with Crippen LogP contribution in [0.15, 0.2) is 102 Å². The molecule has 0 radical (unpaired) electrons. The first kappa shape index (κ1) is 24.3. The van der Waals surface area contributed by atoms with Gasteiger partial charge in [-0.25, -0.2) is 4.79 Å². The largest absolute Gasteiger partial charge is 0.478 e. The van der Waals surface area contributed by atoms with Crippen LogP contribution in [0, 0.1) is 0 Å². The van der Waals surface area contributed by atoms with Gasteiger partial charge in [0.25, 0.3) is 5.91 Å². The Kier molecular flexibility index (Phi) is 7.05. The fourth-order valence-corrected chi connectivity index (χ4v) is 5.29. The van der Waals surface area contributed by atoms with E-state index in [4.69, 9.17) is 0 Å². The summed E-state index contributed by atoms with van der Waals surface area (Å²) in [6.45, 7) is 0. The Balaban J connectivity index is 1.33. The van der Waals surface area contributed by atoms with E-state index in [2.05, 4.69) is 17.4 Å². The van der Waals surface area contributed by atoms with Crippen molar-refractivity contribution >= 4 is 46.6 Å². The quantitative estimate of drug-likeness (QED) is 0.303. The molecule has 2 N–H and O–H groups in total. The first-order valence-electron chi connectivity index (χ1n) is 11.9. The monoisotopic (exact) mass is 508 g/mol. The molecule has 184 valence electrons. The summed E-state index contributed by atoms with van der Waals surface area (Å²) < 4.78 is 0. The van der Waals surface area contributed by atoms with E-state index in [9.17, 15) is 19.5 Å². The molecule has 37 heavy (non-hydrogen) atoms. The predicted octanol–water partition coefficient (Wildman–Crippen LogP) is 6.19. The minimum Gasteiger partial charge on any atom is -0.478 e. The van der Waals surface area contributed by atoms with Gasteiger partial charge in [-0.2, -0.15) is 0 Å². The lowest BCUT2D eigenvalue weighted by Gasteiger charge is -2.25. The number of anilines is 3.